The molecule has 8 heteroatoms. The average molecular weight is 518 g/mol. The average Bonchev–Trinajstić information content (AvgIpc) is 3.52. The second-order valence-electron chi connectivity index (χ2n) is 11.0. The number of fused-ring (bicyclic) bond motifs is 1. The van der Waals surface area contributed by atoms with E-state index in [1.807, 2.05) is 9.80 Å². The Balaban J connectivity index is 1.68. The molecule has 5 atom stereocenters. The fourth-order valence-electron chi connectivity index (χ4n) is 7.17. The fraction of sp³-hybridized carbons (Fsp3) is 0.750. The molecule has 2 unspecified atom stereocenters. The summed E-state index contributed by atoms with van der Waals surface area (Å²) in [5.41, 5.74) is 0. The molecule has 1 aliphatic carbocycles. The molecule has 3 aliphatic heterocycles. The highest BCUT2D eigenvalue weighted by atomic mass is 32.2. The summed E-state index contributed by atoms with van der Waals surface area (Å²) < 4.78 is -0.542. The van der Waals surface area contributed by atoms with Gasteiger partial charge in [-0.25, -0.2) is 0 Å². The lowest BCUT2D eigenvalue weighted by atomic mass is 9.70. The number of hydrogen-bond acceptors (Lipinski definition) is 5. The van der Waals surface area contributed by atoms with Gasteiger partial charge in [0.05, 0.1) is 16.6 Å². The van der Waals surface area contributed by atoms with Crippen molar-refractivity contribution in [1.29, 1.82) is 0 Å². The lowest BCUT2D eigenvalue weighted by Crippen LogP contribution is -2.57. The van der Waals surface area contributed by atoms with Gasteiger partial charge in [0.15, 0.2) is 0 Å². The van der Waals surface area contributed by atoms with Crippen LogP contribution >= 0.6 is 11.8 Å². The smallest absolute Gasteiger partial charge is 0.247 e. The third-order valence-electron chi connectivity index (χ3n) is 8.78. The van der Waals surface area contributed by atoms with Crippen molar-refractivity contribution < 1.29 is 19.5 Å². The number of nitrogens with zero attached hydrogens (tertiary/aromatic N) is 3. The van der Waals surface area contributed by atoms with E-state index < -0.39 is 16.7 Å². The molecule has 0 radical (unpaired) electrons. The Morgan fingerprint density at radius 1 is 1.08 bits per heavy atom. The second kappa shape index (κ2) is 11.7. The maximum Gasteiger partial charge on any atom is 0.247 e. The van der Waals surface area contributed by atoms with Crippen LogP contribution < -0.4 is 0 Å². The van der Waals surface area contributed by atoms with Crippen molar-refractivity contribution in [3.8, 4) is 0 Å². The van der Waals surface area contributed by atoms with Crippen molar-refractivity contribution >= 4 is 29.5 Å². The van der Waals surface area contributed by atoms with Gasteiger partial charge in [-0.15, -0.1) is 24.9 Å². The lowest BCUT2D eigenvalue weighted by molar-refractivity contribution is -0.145. The number of unbranched alkanes of at least 4 members (excludes halogenated alkanes) is 2. The Hall–Kier alpha value is -1.80. The molecule has 2 bridgehead atoms. The molecule has 0 aromatic heterocycles. The molecule has 4 fully saturated rings. The first-order valence-corrected chi connectivity index (χ1v) is 14.7. The molecule has 3 heterocycles. The zero-order valence-electron chi connectivity index (χ0n) is 21.8. The fourth-order valence-corrected chi connectivity index (χ4v) is 9.38. The monoisotopic (exact) mass is 517 g/mol. The molecule has 0 aromatic carbocycles. The van der Waals surface area contributed by atoms with Crippen LogP contribution in [0.3, 0.4) is 0 Å². The van der Waals surface area contributed by atoms with E-state index >= 15 is 0 Å². The predicted octanol–water partition coefficient (Wildman–Crippen LogP) is 3.23. The van der Waals surface area contributed by atoms with Crippen molar-refractivity contribution in [2.24, 2.45) is 11.8 Å². The molecule has 1 N–H and O–H groups in total. The summed E-state index contributed by atoms with van der Waals surface area (Å²) in [4.78, 5) is 47.6. The first-order valence-electron chi connectivity index (χ1n) is 13.8. The number of aliphatic hydroxyl groups is 1. The normalized spacial score (nSPS) is 31.4. The SMILES string of the molecule is C=CCN(C)C(=O)[C@@H]1[C@H]2C(=O)N(CCCCCO)C(C(=O)N(CC=C)C3CCCCC3)C23CC[C@H]1S3. The Morgan fingerprint density at radius 2 is 1.81 bits per heavy atom. The van der Waals surface area contributed by atoms with Crippen LogP contribution in [-0.4, -0.2) is 92.9 Å². The summed E-state index contributed by atoms with van der Waals surface area (Å²) >= 11 is 1.74. The van der Waals surface area contributed by atoms with Gasteiger partial charge in [-0.2, -0.15) is 0 Å². The predicted molar refractivity (Wildman–Crippen MR) is 143 cm³/mol. The Labute approximate surface area is 220 Å². The van der Waals surface area contributed by atoms with Gasteiger partial charge >= 0.3 is 0 Å². The van der Waals surface area contributed by atoms with Gasteiger partial charge in [-0.1, -0.05) is 31.4 Å². The van der Waals surface area contributed by atoms with E-state index in [1.165, 1.54) is 6.42 Å². The van der Waals surface area contributed by atoms with E-state index in [-0.39, 0.29) is 41.5 Å². The van der Waals surface area contributed by atoms with E-state index in [2.05, 4.69) is 13.2 Å². The van der Waals surface area contributed by atoms with Crippen LogP contribution in [0.5, 0.6) is 0 Å². The van der Waals surface area contributed by atoms with Crippen LogP contribution in [0.1, 0.15) is 64.2 Å². The van der Waals surface area contributed by atoms with E-state index in [0.29, 0.717) is 26.1 Å². The summed E-state index contributed by atoms with van der Waals surface area (Å²) in [5.74, 6) is -0.831. The number of carbonyl (C=O) groups is 3. The molecule has 4 rings (SSSR count). The Morgan fingerprint density at radius 3 is 2.47 bits per heavy atom. The molecule has 7 nitrogen and oxygen atoms in total. The molecular formula is C28H43N3O4S. The van der Waals surface area contributed by atoms with E-state index in [0.717, 1.165) is 51.4 Å². The Bertz CT molecular complexity index is 860. The number of carbonyl (C=O) groups excluding carboxylic acids is 3. The molecular weight excluding hydrogens is 474 g/mol. The Kier molecular flexibility index (Phi) is 8.87. The van der Waals surface area contributed by atoms with Gasteiger partial charge in [0.1, 0.15) is 6.04 Å². The second-order valence-corrected chi connectivity index (χ2v) is 12.6. The van der Waals surface area contributed by atoms with Crippen molar-refractivity contribution in [3.05, 3.63) is 25.3 Å². The molecule has 0 aromatic rings. The highest BCUT2D eigenvalue weighted by Gasteiger charge is 2.74. The summed E-state index contributed by atoms with van der Waals surface area (Å²) in [6.45, 7) is 9.26. The number of likely N-dealkylation sites (N-methyl/N-ethyl adjacent to an activating group) is 1. The largest absolute Gasteiger partial charge is 0.396 e. The van der Waals surface area contributed by atoms with Crippen molar-refractivity contribution in [1.82, 2.24) is 14.7 Å². The van der Waals surface area contributed by atoms with E-state index in [9.17, 15) is 19.5 Å². The number of amides is 3. The molecule has 1 saturated carbocycles. The molecule has 200 valence electrons. The van der Waals surface area contributed by atoms with Crippen LogP contribution in [0.15, 0.2) is 25.3 Å². The first kappa shape index (κ1) is 27.2. The quantitative estimate of drug-likeness (QED) is 0.318. The number of rotatable bonds is 12. The summed E-state index contributed by atoms with van der Waals surface area (Å²) in [6.07, 6.45) is 12.8. The molecule has 36 heavy (non-hydrogen) atoms. The molecule has 3 amide bonds. The highest BCUT2D eigenvalue weighted by Crippen LogP contribution is 2.66. The third-order valence-corrected chi connectivity index (χ3v) is 10.7. The lowest BCUT2D eigenvalue weighted by Gasteiger charge is -2.41. The van der Waals surface area contributed by atoms with Crippen LogP contribution in [0, 0.1) is 11.8 Å². The highest BCUT2D eigenvalue weighted by molar-refractivity contribution is 8.02. The summed E-state index contributed by atoms with van der Waals surface area (Å²) in [6, 6.07) is -0.352. The van der Waals surface area contributed by atoms with Gasteiger partial charge in [0, 0.05) is 44.6 Å². The van der Waals surface area contributed by atoms with Crippen molar-refractivity contribution in [2.45, 2.75) is 86.3 Å². The summed E-state index contributed by atoms with van der Waals surface area (Å²) in [5, 5.41) is 9.31. The van der Waals surface area contributed by atoms with Crippen LogP contribution in [0.4, 0.5) is 0 Å². The zero-order valence-corrected chi connectivity index (χ0v) is 22.6. The van der Waals surface area contributed by atoms with E-state index in [4.69, 9.17) is 0 Å². The van der Waals surface area contributed by atoms with Crippen LogP contribution in [-0.2, 0) is 14.4 Å². The maximum atomic E-state index is 14.4. The van der Waals surface area contributed by atoms with Crippen molar-refractivity contribution in [3.63, 3.8) is 0 Å². The van der Waals surface area contributed by atoms with Crippen LogP contribution in [0.25, 0.3) is 0 Å². The van der Waals surface area contributed by atoms with Gasteiger partial charge in [-0.05, 0) is 44.9 Å². The topological polar surface area (TPSA) is 81.2 Å². The third kappa shape index (κ3) is 4.75. The van der Waals surface area contributed by atoms with Crippen molar-refractivity contribution in [2.75, 3.05) is 33.3 Å². The van der Waals surface area contributed by atoms with Gasteiger partial charge < -0.3 is 19.8 Å². The molecule has 3 saturated heterocycles. The summed E-state index contributed by atoms with van der Waals surface area (Å²) in [7, 11) is 1.77. The first-order chi connectivity index (χ1) is 17.4. The number of likely N-dealkylation sites (tertiary alicyclic amines) is 1. The zero-order chi connectivity index (χ0) is 25.9. The van der Waals surface area contributed by atoms with Gasteiger partial charge in [-0.3, -0.25) is 14.4 Å². The number of aliphatic hydroxyl groups excluding tert-OH is 1. The van der Waals surface area contributed by atoms with Gasteiger partial charge in [0.25, 0.3) is 0 Å². The number of thioether (sulfide) groups is 1. The maximum absolute atomic E-state index is 14.4. The molecule has 1 spiro atoms. The van der Waals surface area contributed by atoms with E-state index in [1.54, 1.807) is 35.9 Å². The van der Waals surface area contributed by atoms with Gasteiger partial charge in [0.2, 0.25) is 17.7 Å². The number of hydrogen-bond donors (Lipinski definition) is 1. The minimum Gasteiger partial charge on any atom is -0.396 e. The molecule has 4 aliphatic rings. The standard InChI is InChI=1S/C28H43N3O4S/c1-4-16-29(3)25(33)22-21-14-15-28(36-21)23(22)26(34)31(18-10-7-11-19-32)24(28)27(35)30(17-5-2)20-12-8-6-9-13-20/h4-5,20-24,32H,1-2,6-19H2,3H3/t21-,22+,23+,24?,28?/m1/s1. The van der Waals surface area contributed by atoms with Crippen LogP contribution in [0.2, 0.25) is 0 Å². The minimum absolute atomic E-state index is 0.00381. The minimum atomic E-state index is -0.542.